The van der Waals surface area contributed by atoms with Gasteiger partial charge in [-0.05, 0) is 43.9 Å². The van der Waals surface area contributed by atoms with Crippen LogP contribution in [0.3, 0.4) is 0 Å². The summed E-state index contributed by atoms with van der Waals surface area (Å²) in [4.78, 5) is 28.1. The summed E-state index contributed by atoms with van der Waals surface area (Å²) in [6.07, 6.45) is 4.44. The van der Waals surface area contributed by atoms with E-state index in [0.717, 1.165) is 31.2 Å². The van der Waals surface area contributed by atoms with Crippen LogP contribution in [-0.2, 0) is 14.3 Å². The highest BCUT2D eigenvalue weighted by molar-refractivity contribution is 6.30. The van der Waals surface area contributed by atoms with Crippen molar-refractivity contribution in [3.05, 3.63) is 34.9 Å². The molecule has 1 aromatic rings. The fraction of sp³-hybridized carbons (Fsp3) is 0.619. The van der Waals surface area contributed by atoms with Crippen LogP contribution in [0.15, 0.2) is 24.3 Å². The number of nitrogens with zero attached hydrogens (tertiary/aromatic N) is 1. The van der Waals surface area contributed by atoms with Crippen LogP contribution < -0.4 is 0 Å². The lowest BCUT2D eigenvalue weighted by molar-refractivity contribution is -0.158. The van der Waals surface area contributed by atoms with E-state index in [-0.39, 0.29) is 24.4 Å². The van der Waals surface area contributed by atoms with Gasteiger partial charge in [0.15, 0.2) is 5.41 Å². The zero-order chi connectivity index (χ0) is 19.2. The Kier molecular flexibility index (Phi) is 7.51. The molecule has 0 N–H and O–H groups in total. The highest BCUT2D eigenvalue weighted by atomic mass is 35.5. The second-order valence-electron chi connectivity index (χ2n) is 7.00. The Morgan fingerprint density at radius 1 is 1.12 bits per heavy atom. The van der Waals surface area contributed by atoms with Crippen LogP contribution in [0.4, 0.5) is 0 Å². The summed E-state index contributed by atoms with van der Waals surface area (Å²) in [7, 11) is 0. The predicted octanol–water partition coefficient (Wildman–Crippen LogP) is 4.81. The molecule has 144 valence electrons. The van der Waals surface area contributed by atoms with Crippen molar-refractivity contribution < 1.29 is 14.3 Å². The zero-order valence-electron chi connectivity index (χ0n) is 16.1. The Labute approximate surface area is 161 Å². The molecule has 0 radical (unpaired) electrons. The van der Waals surface area contributed by atoms with Crippen molar-refractivity contribution in [1.82, 2.24) is 4.90 Å². The summed E-state index contributed by atoms with van der Waals surface area (Å²) in [6, 6.07) is 7.43. The Bertz CT molecular complexity index is 608. The van der Waals surface area contributed by atoms with E-state index in [4.69, 9.17) is 16.3 Å². The largest absolute Gasteiger partial charge is 0.465 e. The van der Waals surface area contributed by atoms with E-state index >= 15 is 0 Å². The average Bonchev–Trinajstić information content (AvgIpc) is 3.39. The van der Waals surface area contributed by atoms with Crippen LogP contribution in [0.5, 0.6) is 0 Å². The maximum Gasteiger partial charge on any atom is 0.322 e. The summed E-state index contributed by atoms with van der Waals surface area (Å²) < 4.78 is 5.31. The Hall–Kier alpha value is -1.55. The maximum absolute atomic E-state index is 13.4. The molecule has 0 saturated heterocycles. The first-order valence-electron chi connectivity index (χ1n) is 9.73. The van der Waals surface area contributed by atoms with Gasteiger partial charge in [-0.25, -0.2) is 0 Å². The minimum absolute atomic E-state index is 0.0715. The smallest absolute Gasteiger partial charge is 0.322 e. The van der Waals surface area contributed by atoms with E-state index in [1.807, 2.05) is 29.2 Å². The van der Waals surface area contributed by atoms with Gasteiger partial charge in [-0.1, -0.05) is 50.4 Å². The number of carbonyl (C=O) groups is 2. The quantitative estimate of drug-likeness (QED) is 0.433. The Morgan fingerprint density at radius 2 is 1.69 bits per heavy atom. The van der Waals surface area contributed by atoms with Gasteiger partial charge in [0.2, 0.25) is 5.91 Å². The average molecular weight is 380 g/mol. The van der Waals surface area contributed by atoms with Crippen LogP contribution in [0.2, 0.25) is 5.02 Å². The first kappa shape index (κ1) is 20.8. The molecule has 1 amide bonds. The van der Waals surface area contributed by atoms with Crippen molar-refractivity contribution in [2.45, 2.75) is 58.8 Å². The third-order valence-electron chi connectivity index (χ3n) is 5.10. The van der Waals surface area contributed by atoms with Crippen molar-refractivity contribution in [2.75, 3.05) is 19.7 Å². The summed E-state index contributed by atoms with van der Waals surface area (Å²) >= 11 is 5.98. The number of hydrogen-bond donors (Lipinski definition) is 0. The molecule has 4 nitrogen and oxygen atoms in total. The molecular weight excluding hydrogens is 350 g/mol. The molecule has 2 unspecified atom stereocenters. The molecule has 26 heavy (non-hydrogen) atoms. The molecule has 2 atom stereocenters. The van der Waals surface area contributed by atoms with Crippen molar-refractivity contribution in [3.63, 3.8) is 0 Å². The summed E-state index contributed by atoms with van der Waals surface area (Å²) in [5.74, 6) is -0.585. The fourth-order valence-electron chi connectivity index (χ4n) is 3.46. The van der Waals surface area contributed by atoms with Crippen LogP contribution >= 0.6 is 11.6 Å². The number of amides is 1. The van der Waals surface area contributed by atoms with Gasteiger partial charge in [-0.2, -0.15) is 0 Å². The molecule has 0 bridgehead atoms. The molecule has 1 saturated carbocycles. The summed E-state index contributed by atoms with van der Waals surface area (Å²) in [6.45, 7) is 7.68. The molecule has 1 aliphatic carbocycles. The molecule has 0 aliphatic heterocycles. The second-order valence-corrected chi connectivity index (χ2v) is 7.44. The minimum atomic E-state index is -1.06. The van der Waals surface area contributed by atoms with Crippen LogP contribution in [-0.4, -0.2) is 36.5 Å². The lowest BCUT2D eigenvalue weighted by Crippen LogP contribution is -2.43. The monoisotopic (exact) mass is 379 g/mol. The van der Waals surface area contributed by atoms with Crippen molar-refractivity contribution in [2.24, 2.45) is 5.41 Å². The van der Waals surface area contributed by atoms with Gasteiger partial charge in [-0.15, -0.1) is 0 Å². The van der Waals surface area contributed by atoms with Crippen LogP contribution in [0.1, 0.15) is 64.4 Å². The first-order valence-corrected chi connectivity index (χ1v) is 10.1. The van der Waals surface area contributed by atoms with E-state index < -0.39 is 5.41 Å². The second kappa shape index (κ2) is 9.40. The number of halogens is 1. The summed E-state index contributed by atoms with van der Waals surface area (Å²) in [5.41, 5.74) is -0.0903. The number of ether oxygens (including phenoxy) is 1. The molecule has 2 rings (SSSR count). The van der Waals surface area contributed by atoms with Gasteiger partial charge in [0.25, 0.3) is 0 Å². The molecule has 1 aromatic carbocycles. The van der Waals surface area contributed by atoms with Gasteiger partial charge in [0.1, 0.15) is 0 Å². The zero-order valence-corrected chi connectivity index (χ0v) is 16.8. The Balaban J connectivity index is 2.27. The Morgan fingerprint density at radius 3 is 2.19 bits per heavy atom. The molecule has 0 spiro atoms. The van der Waals surface area contributed by atoms with Gasteiger partial charge < -0.3 is 9.64 Å². The molecule has 1 fully saturated rings. The van der Waals surface area contributed by atoms with Crippen molar-refractivity contribution in [1.29, 1.82) is 0 Å². The van der Waals surface area contributed by atoms with Crippen molar-refractivity contribution >= 4 is 23.5 Å². The van der Waals surface area contributed by atoms with E-state index in [1.165, 1.54) is 0 Å². The van der Waals surface area contributed by atoms with E-state index in [2.05, 4.69) is 13.8 Å². The number of unbranched alkanes of at least 4 members (excludes halogenated alkanes) is 2. The van der Waals surface area contributed by atoms with Gasteiger partial charge >= 0.3 is 5.97 Å². The molecule has 1 aliphatic rings. The molecular formula is C21H30ClNO3. The normalized spacial score (nSPS) is 21.3. The predicted molar refractivity (Wildman–Crippen MR) is 104 cm³/mol. The fourth-order valence-corrected chi connectivity index (χ4v) is 3.59. The molecule has 5 heteroatoms. The van der Waals surface area contributed by atoms with Crippen LogP contribution in [0.25, 0.3) is 0 Å². The number of carbonyl (C=O) groups excluding carboxylic acids is 2. The summed E-state index contributed by atoms with van der Waals surface area (Å²) in [5, 5.41) is 0.648. The number of hydrogen-bond acceptors (Lipinski definition) is 3. The lowest BCUT2D eigenvalue weighted by Gasteiger charge is -2.27. The third kappa shape index (κ3) is 4.40. The van der Waals surface area contributed by atoms with E-state index in [0.29, 0.717) is 24.5 Å². The standard InChI is InChI=1S/C21H30ClNO3/c1-4-7-13-23(14-8-5-2)19(24)21(20(25)26-6-3)15-18(21)16-9-11-17(22)12-10-16/h9-12,18H,4-8,13-15H2,1-3H3. The van der Waals surface area contributed by atoms with E-state index in [9.17, 15) is 9.59 Å². The van der Waals surface area contributed by atoms with Gasteiger partial charge in [0, 0.05) is 24.0 Å². The lowest BCUT2D eigenvalue weighted by atomic mass is 9.96. The highest BCUT2D eigenvalue weighted by Gasteiger charge is 2.68. The number of esters is 1. The molecule has 0 aromatic heterocycles. The number of benzene rings is 1. The molecule has 0 heterocycles. The third-order valence-corrected chi connectivity index (χ3v) is 5.36. The number of rotatable bonds is 10. The van der Waals surface area contributed by atoms with Gasteiger partial charge in [-0.3, -0.25) is 9.59 Å². The van der Waals surface area contributed by atoms with Crippen molar-refractivity contribution in [3.8, 4) is 0 Å². The van der Waals surface area contributed by atoms with Gasteiger partial charge in [0.05, 0.1) is 6.61 Å². The van der Waals surface area contributed by atoms with E-state index in [1.54, 1.807) is 6.92 Å². The minimum Gasteiger partial charge on any atom is -0.465 e. The maximum atomic E-state index is 13.4. The first-order chi connectivity index (χ1) is 12.5. The SMILES string of the molecule is CCCCN(CCCC)C(=O)C1(C(=O)OCC)CC1c1ccc(Cl)cc1. The topological polar surface area (TPSA) is 46.6 Å². The van der Waals surface area contributed by atoms with Crippen LogP contribution in [0, 0.1) is 5.41 Å². The highest BCUT2D eigenvalue weighted by Crippen LogP contribution is 2.61.